The third kappa shape index (κ3) is 46.7. The first kappa shape index (κ1) is 131. The third-order valence-electron chi connectivity index (χ3n) is 19.2. The van der Waals surface area contributed by atoms with Gasteiger partial charge in [-0.25, -0.2) is 0 Å². The molecule has 0 nitrogen and oxygen atoms in total. The summed E-state index contributed by atoms with van der Waals surface area (Å²) in [6.07, 6.45) is 6.95. The minimum Gasteiger partial charge on any atom is -0.133 e. The maximum atomic E-state index is 2.85. The van der Waals surface area contributed by atoms with Crippen molar-refractivity contribution in [2.45, 2.75) is 209 Å². The minimum absolute atomic E-state index is 0.972. The summed E-state index contributed by atoms with van der Waals surface area (Å²) in [6.45, 7) is 48.0. The molecule has 0 aliphatic heterocycles. The SMILES string of the molecule is CC.CC.CC.CC.CC.CC.CC.CC.CC.CC.CC.CC.PCc1cc(CP)cc(-c2cccc(-c3ccc(P)cc3)c2)c1.PCc1ccc(-c2cccc(-c3ccc(P)cc3)c2)c(CP)c1.PCc1ccc(-c2cccc(-c3ccc(P)cc3)c2)cc1.PCc1ccc(-c2cccc(-c3ccc(P)cc3)c2)cc1CP.Pc1ccc(-c2ccc(P)c(-c3ccc(P)cc3)c2)cc1. The first-order valence-corrected chi connectivity index (χ1v) is 58.6. The monoisotopic (exact) mass is 2060 g/mol. The van der Waals surface area contributed by atoms with Crippen LogP contribution in [0.15, 0.2) is 340 Å². The molecule has 0 heterocycles. The van der Waals surface area contributed by atoms with Gasteiger partial charge in [0.15, 0.2) is 0 Å². The molecule has 0 aromatic heterocycles. The molecule has 14 atom stereocenters. The highest BCUT2D eigenvalue weighted by Crippen LogP contribution is 2.36. The summed E-state index contributed by atoms with van der Waals surface area (Å²) in [5, 5.41) is 8.48. The van der Waals surface area contributed by atoms with E-state index in [-0.39, 0.29) is 0 Å². The number of benzene rings is 15. The maximum Gasteiger partial charge on any atom is -0.0106 e. The second-order valence-electron chi connectivity index (χ2n) is 27.0. The van der Waals surface area contributed by atoms with E-state index in [0.29, 0.717) is 0 Å². The zero-order chi connectivity index (χ0) is 102. The molecular formula is C121H170P14. The molecule has 0 radical (unpaired) electrons. The fourth-order valence-corrected chi connectivity index (χ4v) is 16.6. The van der Waals surface area contributed by atoms with Crippen LogP contribution in [0.1, 0.15) is 205 Å². The van der Waals surface area contributed by atoms with Gasteiger partial charge in [0.1, 0.15) is 0 Å². The van der Waals surface area contributed by atoms with Crippen LogP contribution in [0.3, 0.4) is 0 Å². The summed E-state index contributed by atoms with van der Waals surface area (Å²) < 4.78 is 0. The summed E-state index contributed by atoms with van der Waals surface area (Å²) in [5.41, 5.74) is 34.9. The van der Waals surface area contributed by atoms with E-state index in [1.807, 2.05) is 166 Å². The highest BCUT2D eigenvalue weighted by atomic mass is 31.0. The van der Waals surface area contributed by atoms with Crippen LogP contribution in [0, 0.1) is 0 Å². The van der Waals surface area contributed by atoms with Crippen molar-refractivity contribution in [3.63, 3.8) is 0 Å². The summed E-state index contributed by atoms with van der Waals surface area (Å²) >= 11 is 0. The van der Waals surface area contributed by atoms with Gasteiger partial charge in [0.05, 0.1) is 0 Å². The van der Waals surface area contributed by atoms with Crippen LogP contribution < -0.4 is 37.1 Å². The molecule has 15 rings (SSSR count). The van der Waals surface area contributed by atoms with Crippen molar-refractivity contribution in [2.75, 3.05) is 0 Å². The van der Waals surface area contributed by atoms with Crippen molar-refractivity contribution < 1.29 is 0 Å². The molecule has 0 saturated carbocycles. The van der Waals surface area contributed by atoms with Gasteiger partial charge in [-0.1, -0.05) is 476 Å². The highest BCUT2D eigenvalue weighted by molar-refractivity contribution is 7.29. The molecule has 724 valence electrons. The quantitative estimate of drug-likeness (QED) is 0.0797. The minimum atomic E-state index is 0.972. The van der Waals surface area contributed by atoms with E-state index < -0.39 is 0 Å². The van der Waals surface area contributed by atoms with E-state index >= 15 is 0 Å². The van der Waals surface area contributed by atoms with Crippen LogP contribution in [0.25, 0.3) is 111 Å². The fourth-order valence-electron chi connectivity index (χ4n) is 12.9. The van der Waals surface area contributed by atoms with Crippen LogP contribution in [0.4, 0.5) is 0 Å². The zero-order valence-electron chi connectivity index (χ0n) is 86.4. The van der Waals surface area contributed by atoms with Gasteiger partial charge in [-0.15, -0.1) is 129 Å². The van der Waals surface area contributed by atoms with Crippen LogP contribution >= 0.6 is 129 Å². The molecule has 0 amide bonds. The smallest absolute Gasteiger partial charge is 0.0106 e. The summed E-state index contributed by atoms with van der Waals surface area (Å²) in [4.78, 5) is 0. The number of rotatable bonds is 17. The largest absolute Gasteiger partial charge is 0.133 e. The van der Waals surface area contributed by atoms with E-state index in [2.05, 4.69) is 469 Å². The molecule has 0 fully saturated rings. The van der Waals surface area contributed by atoms with E-state index in [1.165, 1.54) is 187 Å². The molecule has 14 heteroatoms. The fraction of sp³-hybridized carbons (Fsp3) is 0.256. The van der Waals surface area contributed by atoms with E-state index in [1.54, 1.807) is 0 Å². The molecule has 0 saturated heterocycles. The van der Waals surface area contributed by atoms with Gasteiger partial charge in [0, 0.05) is 0 Å². The average Bonchev–Trinajstić information content (AvgIpc) is 0.827. The van der Waals surface area contributed by atoms with Crippen LogP contribution in [-0.2, 0) is 43.1 Å². The van der Waals surface area contributed by atoms with Gasteiger partial charge in [-0.2, -0.15) is 0 Å². The Kier molecular flexibility index (Phi) is 79.7. The Balaban J connectivity index is 0. The predicted molar refractivity (Wildman–Crippen MR) is 682 cm³/mol. The molecule has 0 bridgehead atoms. The molecule has 0 aliphatic carbocycles. The van der Waals surface area contributed by atoms with Crippen molar-refractivity contribution in [1.29, 1.82) is 0 Å². The molecule has 15 aromatic rings. The molecule has 15 aromatic carbocycles. The lowest BCUT2D eigenvalue weighted by Gasteiger charge is -2.12. The normalized spacial score (nSPS) is 9.32. The molecule has 0 aliphatic rings. The van der Waals surface area contributed by atoms with Crippen molar-refractivity contribution >= 4 is 166 Å². The second-order valence-corrected chi connectivity index (χ2v) is 34.5. The van der Waals surface area contributed by atoms with Crippen LogP contribution in [0.2, 0.25) is 0 Å². The van der Waals surface area contributed by atoms with Gasteiger partial charge in [-0.05, 0) is 261 Å². The lowest BCUT2D eigenvalue weighted by molar-refractivity contribution is 1.28. The number of hydrogen-bond acceptors (Lipinski definition) is 0. The second kappa shape index (κ2) is 81.9. The molecule has 0 spiro atoms. The molecule has 0 N–H and O–H groups in total. The van der Waals surface area contributed by atoms with Crippen molar-refractivity contribution in [1.82, 2.24) is 0 Å². The first-order valence-electron chi connectivity index (χ1n) is 48.8. The van der Waals surface area contributed by atoms with Gasteiger partial charge in [0.2, 0.25) is 0 Å². The van der Waals surface area contributed by atoms with Gasteiger partial charge in [-0.3, -0.25) is 0 Å². The summed E-state index contributed by atoms with van der Waals surface area (Å²) in [7, 11) is 38.9. The van der Waals surface area contributed by atoms with Crippen molar-refractivity contribution in [3.05, 3.63) is 379 Å². The van der Waals surface area contributed by atoms with Crippen molar-refractivity contribution in [3.8, 4) is 111 Å². The molecule has 14 unspecified atom stereocenters. The van der Waals surface area contributed by atoms with Crippen molar-refractivity contribution in [2.24, 2.45) is 0 Å². The lowest BCUT2D eigenvalue weighted by Crippen LogP contribution is -1.98. The molecule has 135 heavy (non-hydrogen) atoms. The summed E-state index contributed by atoms with van der Waals surface area (Å²) in [6, 6.07) is 123. The lowest BCUT2D eigenvalue weighted by atomic mass is 9.95. The number of hydrogen-bond donors (Lipinski definition) is 0. The van der Waals surface area contributed by atoms with E-state index in [4.69, 9.17) is 0 Å². The summed E-state index contributed by atoms with van der Waals surface area (Å²) in [5.74, 6) is 0. The van der Waals surface area contributed by atoms with Gasteiger partial charge < -0.3 is 0 Å². The predicted octanol–water partition coefficient (Wildman–Crippen LogP) is 36.5. The van der Waals surface area contributed by atoms with Crippen LogP contribution in [0.5, 0.6) is 0 Å². The Morgan fingerprint density at radius 1 is 0.133 bits per heavy atom. The highest BCUT2D eigenvalue weighted by Gasteiger charge is 2.12. The maximum absolute atomic E-state index is 2.85. The Hall–Kier alpha value is -5.68. The first-order chi connectivity index (χ1) is 66.0. The zero-order valence-corrected chi connectivity index (χ0v) is 103. The standard InChI is InChI=1S/3C20H21P3.C19H18P2.C18H17P3.12C2H6/c21-12-14-4-9-20(18(10-14)13-22)17-3-1-2-16(11-17)15-5-7-19(23)8-6-15;21-12-14-8-15(13-22)10-19(9-14)18-3-1-2-17(11-18)16-4-6-20(23)7-5-16;21-12-18-5-4-17(11-19(18)13-22)16-3-1-2-15(10-16)14-6-8-20(23)9-7-14;20-13-14-4-6-15(7-5-14)17-2-1-3-18(12-17)16-8-10-19(21)11-9-16;19-15-6-1-12(2-7-15)14-5-10-18(21)17(11-14)13-3-8-16(20)9-4-13;12*1-2/h3*1-11H,12-13,21-23H2;1-12H,13,20-21H2;1-11H,19-21H2;12*1-2H3. The Bertz CT molecular complexity index is 5500. The topological polar surface area (TPSA) is 0 Å². The van der Waals surface area contributed by atoms with Crippen LogP contribution in [-0.4, -0.2) is 0 Å². The Labute approximate surface area is 858 Å². The Morgan fingerprint density at radius 3 is 0.659 bits per heavy atom. The third-order valence-corrected chi connectivity index (χ3v) is 25.3. The van der Waals surface area contributed by atoms with E-state index in [0.717, 1.165) is 43.1 Å². The van der Waals surface area contributed by atoms with Gasteiger partial charge >= 0.3 is 0 Å². The average molecular weight is 2060 g/mol. The van der Waals surface area contributed by atoms with E-state index in [9.17, 15) is 0 Å². The Morgan fingerprint density at radius 2 is 0.363 bits per heavy atom. The van der Waals surface area contributed by atoms with Gasteiger partial charge in [0.25, 0.3) is 0 Å². The molecular weight excluding hydrogens is 1890 g/mol.